The summed E-state index contributed by atoms with van der Waals surface area (Å²) in [6.45, 7) is 4.52. The zero-order valence-electron chi connectivity index (χ0n) is 21.2. The first-order valence-corrected chi connectivity index (χ1v) is 13.3. The average molecular weight is 503 g/mol. The third-order valence-corrected chi connectivity index (χ3v) is 10.7. The Morgan fingerprint density at radius 2 is 1.94 bits per heavy atom. The first kappa shape index (κ1) is 24.4. The number of ether oxygens (including phenoxy) is 3. The van der Waals surface area contributed by atoms with Gasteiger partial charge in [-0.2, -0.15) is 0 Å². The molecule has 1 N–H and O–H groups in total. The van der Waals surface area contributed by atoms with Gasteiger partial charge in [0, 0.05) is 36.5 Å². The molecule has 36 heavy (non-hydrogen) atoms. The highest BCUT2D eigenvalue weighted by atomic mass is 19.1. The molecule has 0 aromatic rings. The lowest BCUT2D eigenvalue weighted by Gasteiger charge is -2.62. The van der Waals surface area contributed by atoms with Gasteiger partial charge >= 0.3 is 5.97 Å². The SMILES string of the molecule is CC(=O)OCC(=O)[C@@]12OC3(CCCC3)O[C@@H]1C[C@@H]1[C@H]3CCC4=CC(=O)C=C[C@]4(C)[C@@]3(F)[C@@H](O)C[C@@]12C. The summed E-state index contributed by atoms with van der Waals surface area (Å²) in [4.78, 5) is 37.5. The Morgan fingerprint density at radius 3 is 2.64 bits per heavy atom. The molecular weight excluding hydrogens is 467 g/mol. The normalized spacial score (nSPS) is 48.1. The van der Waals surface area contributed by atoms with Crippen molar-refractivity contribution < 1.29 is 38.1 Å². The Balaban J connectivity index is 1.44. The van der Waals surface area contributed by atoms with Crippen LogP contribution in [-0.4, -0.2) is 58.5 Å². The third-order valence-electron chi connectivity index (χ3n) is 10.7. The van der Waals surface area contributed by atoms with Crippen LogP contribution in [0.1, 0.15) is 72.1 Å². The van der Waals surface area contributed by atoms with Gasteiger partial charge in [0.25, 0.3) is 0 Å². The number of hydrogen-bond acceptors (Lipinski definition) is 7. The zero-order chi connectivity index (χ0) is 25.7. The Hall–Kier alpha value is -1.90. The standard InChI is InChI=1S/C28H35FO7/c1-16(30)34-15-22(33)28-23(35-26(36-28)9-4-5-10-26)13-20-19-7-6-17-12-18(31)8-11-24(17,2)27(19,29)21(32)14-25(20,28)3/h8,11-12,19-21,23,32H,4-7,9-10,13-15H2,1-3H3/t19-,20-,21+,23-,24+,25+,27+,28-/m1/s1. The summed E-state index contributed by atoms with van der Waals surface area (Å²) in [5.41, 5.74) is -4.72. The van der Waals surface area contributed by atoms with E-state index in [1.807, 2.05) is 6.92 Å². The predicted molar refractivity (Wildman–Crippen MR) is 125 cm³/mol. The van der Waals surface area contributed by atoms with E-state index in [0.29, 0.717) is 37.7 Å². The van der Waals surface area contributed by atoms with Crippen molar-refractivity contribution in [2.45, 2.75) is 101 Å². The van der Waals surface area contributed by atoms with Gasteiger partial charge < -0.3 is 19.3 Å². The lowest BCUT2D eigenvalue weighted by Crippen LogP contribution is -2.70. The Kier molecular flexibility index (Phi) is 5.14. The number of alkyl halides is 1. The number of fused-ring (bicyclic) bond motifs is 7. The topological polar surface area (TPSA) is 99.1 Å². The fraction of sp³-hybridized carbons (Fsp3) is 0.750. The van der Waals surface area contributed by atoms with Crippen LogP contribution in [0.15, 0.2) is 23.8 Å². The molecule has 8 atom stereocenters. The number of carbonyl (C=O) groups is 3. The Labute approximate surface area is 210 Å². The highest BCUT2D eigenvalue weighted by Crippen LogP contribution is 2.73. The van der Waals surface area contributed by atoms with E-state index in [9.17, 15) is 19.5 Å². The molecule has 196 valence electrons. The molecule has 6 aliphatic rings. The molecule has 0 unspecified atom stereocenters. The number of aliphatic hydroxyl groups is 1. The molecule has 0 aromatic heterocycles. The predicted octanol–water partition coefficient (Wildman–Crippen LogP) is 3.52. The highest BCUT2D eigenvalue weighted by molar-refractivity contribution is 6.01. The molecule has 6 rings (SSSR count). The lowest BCUT2D eigenvalue weighted by molar-refractivity contribution is -0.253. The Morgan fingerprint density at radius 1 is 1.22 bits per heavy atom. The van der Waals surface area contributed by atoms with Crippen molar-refractivity contribution in [3.63, 3.8) is 0 Å². The molecule has 0 bridgehead atoms. The van der Waals surface area contributed by atoms with Crippen LogP contribution in [0.3, 0.4) is 0 Å². The van der Waals surface area contributed by atoms with Crippen LogP contribution in [0, 0.1) is 22.7 Å². The monoisotopic (exact) mass is 502 g/mol. The highest BCUT2D eigenvalue weighted by Gasteiger charge is 2.80. The molecule has 1 aliphatic heterocycles. The van der Waals surface area contributed by atoms with Crippen molar-refractivity contribution >= 4 is 17.5 Å². The number of esters is 1. The molecule has 5 aliphatic carbocycles. The van der Waals surface area contributed by atoms with Crippen molar-refractivity contribution in [3.05, 3.63) is 23.8 Å². The molecule has 1 saturated heterocycles. The van der Waals surface area contributed by atoms with E-state index in [0.717, 1.165) is 12.8 Å². The second kappa shape index (κ2) is 7.58. The first-order chi connectivity index (χ1) is 16.9. The summed E-state index contributed by atoms with van der Waals surface area (Å²) in [6.07, 6.45) is 7.23. The van der Waals surface area contributed by atoms with Crippen molar-refractivity contribution in [2.24, 2.45) is 22.7 Å². The molecule has 0 amide bonds. The van der Waals surface area contributed by atoms with E-state index in [1.165, 1.54) is 19.1 Å². The van der Waals surface area contributed by atoms with Gasteiger partial charge in [0.1, 0.15) is 0 Å². The second-order valence-electron chi connectivity index (χ2n) is 12.3. The summed E-state index contributed by atoms with van der Waals surface area (Å²) >= 11 is 0. The van der Waals surface area contributed by atoms with Crippen LogP contribution in [0.2, 0.25) is 0 Å². The van der Waals surface area contributed by atoms with E-state index in [2.05, 4.69) is 0 Å². The summed E-state index contributed by atoms with van der Waals surface area (Å²) < 4.78 is 35.8. The average Bonchev–Trinajstić information content (AvgIpc) is 3.47. The minimum absolute atomic E-state index is 0.0110. The van der Waals surface area contributed by atoms with Crippen LogP contribution in [0.4, 0.5) is 4.39 Å². The summed E-state index contributed by atoms with van der Waals surface area (Å²) in [5, 5.41) is 11.6. The lowest BCUT2D eigenvalue weighted by atomic mass is 9.44. The van der Waals surface area contributed by atoms with Crippen molar-refractivity contribution in [1.29, 1.82) is 0 Å². The minimum atomic E-state index is -2.00. The molecule has 4 saturated carbocycles. The van der Waals surface area contributed by atoms with Crippen LogP contribution in [0.5, 0.6) is 0 Å². The quantitative estimate of drug-likeness (QED) is 0.590. The number of halogens is 1. The van der Waals surface area contributed by atoms with Gasteiger partial charge in [0.2, 0.25) is 5.78 Å². The minimum Gasteiger partial charge on any atom is -0.458 e. The number of aliphatic hydroxyl groups excluding tert-OH is 1. The zero-order valence-corrected chi connectivity index (χ0v) is 21.2. The van der Waals surface area contributed by atoms with Gasteiger partial charge in [-0.15, -0.1) is 0 Å². The van der Waals surface area contributed by atoms with Crippen LogP contribution < -0.4 is 0 Å². The van der Waals surface area contributed by atoms with Gasteiger partial charge in [-0.3, -0.25) is 14.4 Å². The Bertz CT molecular complexity index is 1090. The number of ketones is 2. The molecular formula is C28H35FO7. The van der Waals surface area contributed by atoms with Crippen LogP contribution in [0.25, 0.3) is 0 Å². The van der Waals surface area contributed by atoms with E-state index >= 15 is 4.39 Å². The van der Waals surface area contributed by atoms with E-state index in [1.54, 1.807) is 13.0 Å². The van der Waals surface area contributed by atoms with E-state index < -0.39 is 58.6 Å². The molecule has 1 spiro atoms. The van der Waals surface area contributed by atoms with Crippen molar-refractivity contribution in [3.8, 4) is 0 Å². The fourth-order valence-electron chi connectivity index (χ4n) is 9.04. The number of allylic oxidation sites excluding steroid dienone is 4. The van der Waals surface area contributed by atoms with Gasteiger partial charge in [-0.05, 0) is 63.5 Å². The largest absolute Gasteiger partial charge is 0.458 e. The molecule has 0 radical (unpaired) electrons. The molecule has 8 heteroatoms. The maximum atomic E-state index is 17.4. The van der Waals surface area contributed by atoms with Crippen LogP contribution in [-0.2, 0) is 28.6 Å². The van der Waals surface area contributed by atoms with E-state index in [4.69, 9.17) is 14.2 Å². The van der Waals surface area contributed by atoms with Gasteiger partial charge in [-0.25, -0.2) is 4.39 Å². The molecule has 7 nitrogen and oxygen atoms in total. The maximum Gasteiger partial charge on any atom is 0.303 e. The van der Waals surface area contributed by atoms with E-state index in [-0.39, 0.29) is 23.9 Å². The molecule has 0 aromatic carbocycles. The number of hydrogen-bond donors (Lipinski definition) is 1. The smallest absolute Gasteiger partial charge is 0.303 e. The van der Waals surface area contributed by atoms with Gasteiger partial charge in [0.05, 0.1) is 12.2 Å². The maximum absolute atomic E-state index is 17.4. The number of Topliss-reactive ketones (excluding diaryl/α,β-unsaturated/α-hetero) is 1. The molecule has 1 heterocycles. The van der Waals surface area contributed by atoms with Crippen LogP contribution >= 0.6 is 0 Å². The first-order valence-electron chi connectivity index (χ1n) is 13.3. The number of rotatable bonds is 3. The summed E-state index contributed by atoms with van der Waals surface area (Å²) in [7, 11) is 0. The fourth-order valence-corrected chi connectivity index (χ4v) is 9.04. The number of carbonyl (C=O) groups excluding carboxylic acids is 3. The summed E-state index contributed by atoms with van der Waals surface area (Å²) in [5.74, 6) is -2.80. The van der Waals surface area contributed by atoms with Gasteiger partial charge in [-0.1, -0.05) is 18.6 Å². The summed E-state index contributed by atoms with van der Waals surface area (Å²) in [6, 6.07) is 0. The third kappa shape index (κ3) is 2.81. The van der Waals surface area contributed by atoms with Crippen molar-refractivity contribution in [2.75, 3.05) is 6.61 Å². The van der Waals surface area contributed by atoms with Gasteiger partial charge in [0.15, 0.2) is 29.4 Å². The van der Waals surface area contributed by atoms with Crippen molar-refractivity contribution in [1.82, 2.24) is 0 Å². The molecule has 5 fully saturated rings. The second-order valence-corrected chi connectivity index (χ2v) is 12.3.